The zero-order valence-electron chi connectivity index (χ0n) is 8.66. The van der Waals surface area contributed by atoms with Crippen LogP contribution in [0.2, 0.25) is 0 Å². The molecule has 0 N–H and O–H groups in total. The molecule has 0 atom stereocenters. The van der Waals surface area contributed by atoms with Crippen LogP contribution in [0.3, 0.4) is 0 Å². The first-order valence-corrected chi connectivity index (χ1v) is 5.70. The largest absolute Gasteiger partial charge is 0.465 e. The van der Waals surface area contributed by atoms with Gasteiger partial charge < -0.3 is 4.74 Å². The highest BCUT2D eigenvalue weighted by atomic mass is 32.2. The van der Waals surface area contributed by atoms with Gasteiger partial charge in [0, 0.05) is 4.90 Å². The molecule has 0 aromatic heterocycles. The molecule has 3 heteroatoms. The fourth-order valence-corrected chi connectivity index (χ4v) is 1.76. The number of aryl methyl sites for hydroxylation is 1. The van der Waals surface area contributed by atoms with Crippen LogP contribution in [0.4, 0.5) is 0 Å². The number of rotatable bonds is 3. The molecule has 0 aliphatic rings. The van der Waals surface area contributed by atoms with E-state index in [4.69, 9.17) is 4.74 Å². The number of benzene rings is 1. The fraction of sp³-hybridized carbons (Fsp3) is 0.364. The SMILES string of the molecule is CCc1cc(SC)ccc1C(=O)OC. The topological polar surface area (TPSA) is 26.3 Å². The Hall–Kier alpha value is -0.960. The summed E-state index contributed by atoms with van der Waals surface area (Å²) in [5.41, 5.74) is 1.72. The summed E-state index contributed by atoms with van der Waals surface area (Å²) in [6, 6.07) is 5.81. The third kappa shape index (κ3) is 2.29. The molecule has 1 aromatic carbocycles. The number of hydrogen-bond acceptors (Lipinski definition) is 3. The van der Waals surface area contributed by atoms with Gasteiger partial charge in [-0.3, -0.25) is 0 Å². The van der Waals surface area contributed by atoms with Gasteiger partial charge in [-0.1, -0.05) is 6.92 Å². The molecule has 2 nitrogen and oxygen atoms in total. The van der Waals surface area contributed by atoms with E-state index >= 15 is 0 Å². The van der Waals surface area contributed by atoms with E-state index in [1.165, 1.54) is 12.0 Å². The Balaban J connectivity index is 3.11. The van der Waals surface area contributed by atoms with E-state index in [1.807, 2.05) is 31.4 Å². The Kier molecular flexibility index (Phi) is 4.01. The lowest BCUT2D eigenvalue weighted by Crippen LogP contribution is -2.05. The van der Waals surface area contributed by atoms with Gasteiger partial charge in [-0.05, 0) is 36.4 Å². The molecule has 1 aromatic rings. The number of hydrogen-bond donors (Lipinski definition) is 0. The van der Waals surface area contributed by atoms with Gasteiger partial charge in [0.2, 0.25) is 0 Å². The first-order valence-electron chi connectivity index (χ1n) is 4.48. The van der Waals surface area contributed by atoms with Gasteiger partial charge in [0.05, 0.1) is 12.7 Å². The second-order valence-electron chi connectivity index (χ2n) is 2.87. The molecule has 0 radical (unpaired) electrons. The molecule has 0 unspecified atom stereocenters. The molecule has 0 bridgehead atoms. The molecular formula is C11H14O2S. The summed E-state index contributed by atoms with van der Waals surface area (Å²) in [4.78, 5) is 12.5. The summed E-state index contributed by atoms with van der Waals surface area (Å²) in [6.45, 7) is 2.03. The molecule has 0 saturated carbocycles. The number of carbonyl (C=O) groups is 1. The van der Waals surface area contributed by atoms with Gasteiger partial charge in [0.15, 0.2) is 0 Å². The maximum Gasteiger partial charge on any atom is 0.338 e. The Morgan fingerprint density at radius 2 is 2.21 bits per heavy atom. The Bertz CT molecular complexity index is 334. The van der Waals surface area contributed by atoms with Crippen LogP contribution in [0.1, 0.15) is 22.8 Å². The van der Waals surface area contributed by atoms with E-state index in [9.17, 15) is 4.79 Å². The van der Waals surface area contributed by atoms with Crippen molar-refractivity contribution in [3.8, 4) is 0 Å². The lowest BCUT2D eigenvalue weighted by molar-refractivity contribution is 0.0599. The smallest absolute Gasteiger partial charge is 0.338 e. The van der Waals surface area contributed by atoms with Crippen molar-refractivity contribution in [1.82, 2.24) is 0 Å². The van der Waals surface area contributed by atoms with E-state index in [0.29, 0.717) is 5.56 Å². The van der Waals surface area contributed by atoms with Crippen LogP contribution >= 0.6 is 11.8 Å². The highest BCUT2D eigenvalue weighted by Crippen LogP contribution is 2.20. The monoisotopic (exact) mass is 210 g/mol. The minimum Gasteiger partial charge on any atom is -0.465 e. The van der Waals surface area contributed by atoms with E-state index in [0.717, 1.165) is 12.0 Å². The van der Waals surface area contributed by atoms with Crippen LogP contribution in [0, 0.1) is 0 Å². The number of thioether (sulfide) groups is 1. The average molecular weight is 210 g/mol. The van der Waals surface area contributed by atoms with Crippen LogP contribution in [-0.2, 0) is 11.2 Å². The second-order valence-corrected chi connectivity index (χ2v) is 3.75. The average Bonchev–Trinajstić information content (AvgIpc) is 2.27. The maximum atomic E-state index is 11.4. The molecule has 0 spiro atoms. The lowest BCUT2D eigenvalue weighted by atomic mass is 10.1. The third-order valence-corrected chi connectivity index (χ3v) is 2.82. The summed E-state index contributed by atoms with van der Waals surface area (Å²) in [7, 11) is 1.41. The molecule has 0 aliphatic heterocycles. The second kappa shape index (κ2) is 5.05. The van der Waals surface area contributed by atoms with Crippen molar-refractivity contribution in [2.24, 2.45) is 0 Å². The summed E-state index contributed by atoms with van der Waals surface area (Å²) >= 11 is 1.67. The minimum absolute atomic E-state index is 0.255. The number of esters is 1. The van der Waals surface area contributed by atoms with Gasteiger partial charge in [-0.25, -0.2) is 4.79 Å². The van der Waals surface area contributed by atoms with Crippen molar-refractivity contribution in [2.75, 3.05) is 13.4 Å². The Labute approximate surface area is 88.7 Å². The molecule has 14 heavy (non-hydrogen) atoms. The van der Waals surface area contributed by atoms with Gasteiger partial charge in [0.1, 0.15) is 0 Å². The molecule has 0 saturated heterocycles. The van der Waals surface area contributed by atoms with Crippen molar-refractivity contribution in [3.05, 3.63) is 29.3 Å². The quantitative estimate of drug-likeness (QED) is 0.567. The van der Waals surface area contributed by atoms with E-state index in [1.54, 1.807) is 11.8 Å². The first-order chi connectivity index (χ1) is 6.72. The van der Waals surface area contributed by atoms with Gasteiger partial charge in [-0.2, -0.15) is 0 Å². The fourth-order valence-electron chi connectivity index (χ4n) is 1.30. The van der Waals surface area contributed by atoms with Gasteiger partial charge in [0.25, 0.3) is 0 Å². The summed E-state index contributed by atoms with van der Waals surface area (Å²) in [5.74, 6) is -0.255. The van der Waals surface area contributed by atoms with Crippen molar-refractivity contribution in [2.45, 2.75) is 18.2 Å². The lowest BCUT2D eigenvalue weighted by Gasteiger charge is -2.07. The normalized spacial score (nSPS) is 9.93. The zero-order valence-corrected chi connectivity index (χ0v) is 9.48. The van der Waals surface area contributed by atoms with Crippen molar-refractivity contribution in [1.29, 1.82) is 0 Å². The van der Waals surface area contributed by atoms with Crippen molar-refractivity contribution < 1.29 is 9.53 Å². The van der Waals surface area contributed by atoms with Crippen LogP contribution in [0.5, 0.6) is 0 Å². The van der Waals surface area contributed by atoms with Crippen LogP contribution in [-0.4, -0.2) is 19.3 Å². The van der Waals surface area contributed by atoms with E-state index < -0.39 is 0 Å². The van der Waals surface area contributed by atoms with Crippen LogP contribution < -0.4 is 0 Å². The van der Waals surface area contributed by atoms with E-state index in [-0.39, 0.29) is 5.97 Å². The zero-order chi connectivity index (χ0) is 10.6. The number of methoxy groups -OCH3 is 1. The highest BCUT2D eigenvalue weighted by molar-refractivity contribution is 7.98. The Morgan fingerprint density at radius 1 is 1.50 bits per heavy atom. The van der Waals surface area contributed by atoms with Gasteiger partial charge >= 0.3 is 5.97 Å². The van der Waals surface area contributed by atoms with E-state index in [2.05, 4.69) is 0 Å². The van der Waals surface area contributed by atoms with Crippen molar-refractivity contribution in [3.63, 3.8) is 0 Å². The predicted molar refractivity (Wildman–Crippen MR) is 58.9 cm³/mol. The maximum absolute atomic E-state index is 11.4. The molecule has 0 aliphatic carbocycles. The van der Waals surface area contributed by atoms with Gasteiger partial charge in [-0.15, -0.1) is 11.8 Å². The third-order valence-electron chi connectivity index (χ3n) is 2.10. The van der Waals surface area contributed by atoms with Crippen molar-refractivity contribution >= 4 is 17.7 Å². The summed E-state index contributed by atoms with van der Waals surface area (Å²) < 4.78 is 4.71. The minimum atomic E-state index is -0.255. The standard InChI is InChI=1S/C11H14O2S/c1-4-8-7-9(14-3)5-6-10(8)11(12)13-2/h5-7H,4H2,1-3H3. The molecule has 0 heterocycles. The molecular weight excluding hydrogens is 196 g/mol. The summed E-state index contributed by atoms with van der Waals surface area (Å²) in [6.07, 6.45) is 2.87. The first kappa shape index (κ1) is 11.1. The highest BCUT2D eigenvalue weighted by Gasteiger charge is 2.10. The summed E-state index contributed by atoms with van der Waals surface area (Å²) in [5, 5.41) is 0. The molecule has 0 fully saturated rings. The molecule has 0 amide bonds. The number of carbonyl (C=O) groups excluding carboxylic acids is 1. The Morgan fingerprint density at radius 3 is 2.71 bits per heavy atom. The molecule has 1 rings (SSSR count). The predicted octanol–water partition coefficient (Wildman–Crippen LogP) is 2.76. The number of ether oxygens (including phenoxy) is 1. The molecule has 76 valence electrons. The van der Waals surface area contributed by atoms with Crippen LogP contribution in [0.15, 0.2) is 23.1 Å². The van der Waals surface area contributed by atoms with Crippen LogP contribution in [0.25, 0.3) is 0 Å².